The number of carbonyl (C=O) groups excluding carboxylic acids is 1. The molecule has 0 saturated heterocycles. The summed E-state index contributed by atoms with van der Waals surface area (Å²) in [5, 5.41) is 0.884. The number of ketones is 1. The van der Waals surface area contributed by atoms with Crippen molar-refractivity contribution in [3.05, 3.63) is 0 Å². The van der Waals surface area contributed by atoms with Crippen LogP contribution in [0.15, 0.2) is 0 Å². The Hall–Kier alpha value is 0.202. The third-order valence-corrected chi connectivity index (χ3v) is 6.71. The van der Waals surface area contributed by atoms with Gasteiger partial charge in [-0.05, 0) is 12.2 Å². The second-order valence-electron chi connectivity index (χ2n) is 4.06. The van der Waals surface area contributed by atoms with Crippen molar-refractivity contribution in [2.45, 2.75) is 49.5 Å². The van der Waals surface area contributed by atoms with E-state index in [1.807, 2.05) is 0 Å². The van der Waals surface area contributed by atoms with Gasteiger partial charge < -0.3 is 4.79 Å². The van der Waals surface area contributed by atoms with Gasteiger partial charge in [0.1, 0.15) is 5.78 Å². The fourth-order valence-corrected chi connectivity index (χ4v) is 4.72. The highest BCUT2D eigenvalue weighted by Gasteiger charge is 2.25. The Kier molecular flexibility index (Phi) is 5.05. The Labute approximate surface area is 74.6 Å². The molecule has 0 aliphatic rings. The summed E-state index contributed by atoms with van der Waals surface area (Å²) >= 11 is -0.788. The normalized spacial score (nSPS) is 10.8. The average molecular weight is 170 g/mol. The van der Waals surface area contributed by atoms with E-state index in [0.717, 1.165) is 14.8 Å². The second kappa shape index (κ2) is 4.96. The van der Waals surface area contributed by atoms with E-state index in [1.165, 1.54) is 0 Å². The van der Waals surface area contributed by atoms with Crippen LogP contribution in [0.1, 0.15) is 34.6 Å². The molecule has 0 N–H and O–H groups in total. The Balaban J connectivity index is 4.00. The monoisotopic (exact) mass is 170 g/mol. The van der Waals surface area contributed by atoms with Gasteiger partial charge in [0.05, 0.1) is 0 Å². The topological polar surface area (TPSA) is 17.1 Å². The van der Waals surface area contributed by atoms with Gasteiger partial charge in [-0.25, -0.2) is 0 Å². The maximum Gasteiger partial charge on any atom is 0.277 e. The minimum absolute atomic E-state index is 0.379. The first-order chi connectivity index (χ1) is 4.95. The maximum atomic E-state index is 10.9. The van der Waals surface area contributed by atoms with E-state index >= 15 is 0 Å². The molecule has 64 valence electrons. The Morgan fingerprint density at radius 3 is 1.64 bits per heavy atom. The van der Waals surface area contributed by atoms with E-state index in [2.05, 4.69) is 27.7 Å². The van der Waals surface area contributed by atoms with Crippen molar-refractivity contribution in [2.75, 3.05) is 0 Å². The Bertz CT molecular complexity index is 122. The zero-order chi connectivity index (χ0) is 9.02. The molecule has 0 fully saturated rings. The third kappa shape index (κ3) is 4.61. The van der Waals surface area contributed by atoms with Crippen molar-refractivity contribution in [3.8, 4) is 0 Å². The fraction of sp³-hybridized carbons (Fsp3) is 0.889. The largest absolute Gasteiger partial charge is 0.301 e. The van der Waals surface area contributed by atoms with Crippen molar-refractivity contribution in [3.63, 3.8) is 0 Å². The average Bonchev–Trinajstić information content (AvgIpc) is 1.81. The van der Waals surface area contributed by atoms with Crippen LogP contribution in [0.3, 0.4) is 0 Å². The first-order valence-corrected chi connectivity index (χ1v) is 6.59. The lowest BCUT2D eigenvalue weighted by atomic mass is 10.5. The Morgan fingerprint density at radius 2 is 1.55 bits per heavy atom. The molecule has 0 heterocycles. The second-order valence-corrected chi connectivity index (χ2v) is 8.46. The molecule has 0 amide bonds. The highest BCUT2D eigenvalue weighted by Crippen LogP contribution is 2.23. The number of hydrogen-bond acceptors (Lipinski definition) is 1. The molecule has 0 spiro atoms. The molecular weight excluding hydrogens is 151 g/mol. The SMILES string of the molecule is CC(=O)[CH2][Al]([CH](C)C)[CH](C)C. The first-order valence-electron chi connectivity index (χ1n) is 4.44. The molecule has 0 rings (SSSR count). The number of rotatable bonds is 4. The number of carbonyl (C=O) groups is 1. The molecule has 0 atom stereocenters. The number of Topliss-reactive ketones (excluding diaryl/α,β-unsaturated/α-hetero) is 1. The van der Waals surface area contributed by atoms with Crippen LogP contribution in [0.5, 0.6) is 0 Å². The predicted octanol–water partition coefficient (Wildman–Crippen LogP) is 2.89. The van der Waals surface area contributed by atoms with Crippen LogP contribution in [0.4, 0.5) is 0 Å². The molecule has 0 saturated carbocycles. The summed E-state index contributed by atoms with van der Waals surface area (Å²) in [4.78, 5) is 10.9. The zero-order valence-corrected chi connectivity index (χ0v) is 9.50. The lowest BCUT2D eigenvalue weighted by Gasteiger charge is -2.17. The third-order valence-electron chi connectivity index (χ3n) is 2.24. The van der Waals surface area contributed by atoms with Gasteiger partial charge in [0.15, 0.2) is 0 Å². The molecule has 2 heteroatoms. The molecule has 11 heavy (non-hydrogen) atoms. The molecule has 0 aromatic rings. The van der Waals surface area contributed by atoms with Crippen molar-refractivity contribution >= 4 is 19.9 Å². The quantitative estimate of drug-likeness (QED) is 0.593. The van der Waals surface area contributed by atoms with E-state index in [9.17, 15) is 4.79 Å². The van der Waals surface area contributed by atoms with Crippen LogP contribution in [0, 0.1) is 0 Å². The van der Waals surface area contributed by atoms with Gasteiger partial charge in [-0.1, -0.05) is 37.3 Å². The highest BCUT2D eigenvalue weighted by molar-refractivity contribution is 6.65. The summed E-state index contributed by atoms with van der Waals surface area (Å²) in [5.41, 5.74) is 0. The van der Waals surface area contributed by atoms with E-state index < -0.39 is 14.1 Å². The Morgan fingerprint density at radius 1 is 1.18 bits per heavy atom. The number of hydrogen-bond donors (Lipinski definition) is 0. The van der Waals surface area contributed by atoms with E-state index in [4.69, 9.17) is 0 Å². The summed E-state index contributed by atoms with van der Waals surface area (Å²) in [5.74, 6) is 0.379. The predicted molar refractivity (Wildman–Crippen MR) is 51.4 cm³/mol. The molecule has 0 unspecified atom stereocenters. The van der Waals surface area contributed by atoms with Crippen LogP contribution in [0.25, 0.3) is 0 Å². The van der Waals surface area contributed by atoms with Crippen molar-refractivity contribution in [1.29, 1.82) is 0 Å². The standard InChI is InChI=1S/C3H5O.2C3H7.Al/c1-3(2)4;2*1-3-2;/h1H2,2H3;2*3H,1-2H3;. The van der Waals surface area contributed by atoms with E-state index in [1.54, 1.807) is 6.92 Å². The lowest BCUT2D eigenvalue weighted by Crippen LogP contribution is -2.23. The van der Waals surface area contributed by atoms with Crippen molar-refractivity contribution in [1.82, 2.24) is 0 Å². The van der Waals surface area contributed by atoms with Gasteiger partial charge in [-0.2, -0.15) is 0 Å². The van der Waals surface area contributed by atoms with Crippen LogP contribution in [-0.2, 0) is 4.79 Å². The van der Waals surface area contributed by atoms with Gasteiger partial charge in [0, 0.05) is 0 Å². The minimum atomic E-state index is -0.788. The zero-order valence-electron chi connectivity index (χ0n) is 8.35. The summed E-state index contributed by atoms with van der Waals surface area (Å²) < 4.78 is 1.53. The summed E-state index contributed by atoms with van der Waals surface area (Å²) in [6.07, 6.45) is 0. The fourth-order valence-electron chi connectivity index (χ4n) is 1.57. The molecule has 0 bridgehead atoms. The van der Waals surface area contributed by atoms with Crippen LogP contribution in [-0.4, -0.2) is 19.9 Å². The van der Waals surface area contributed by atoms with Gasteiger partial charge in [-0.15, -0.1) is 0 Å². The van der Waals surface area contributed by atoms with Crippen molar-refractivity contribution < 1.29 is 4.79 Å². The molecule has 0 aliphatic carbocycles. The van der Waals surface area contributed by atoms with E-state index in [-0.39, 0.29) is 0 Å². The summed E-state index contributed by atoms with van der Waals surface area (Å²) in [6, 6.07) is 0. The van der Waals surface area contributed by atoms with Gasteiger partial charge >= 0.3 is 0 Å². The van der Waals surface area contributed by atoms with Crippen LogP contribution < -0.4 is 0 Å². The summed E-state index contributed by atoms with van der Waals surface area (Å²) in [7, 11) is 0. The van der Waals surface area contributed by atoms with Gasteiger partial charge in [0.25, 0.3) is 14.1 Å². The molecule has 0 aromatic heterocycles. The molecule has 0 radical (unpaired) electrons. The molecule has 1 nitrogen and oxygen atoms in total. The molecular formula is C9H19AlO. The molecule has 0 aliphatic heterocycles. The highest BCUT2D eigenvalue weighted by atomic mass is 27.2. The molecule has 0 aromatic carbocycles. The van der Waals surface area contributed by atoms with Gasteiger partial charge in [0.2, 0.25) is 0 Å². The smallest absolute Gasteiger partial charge is 0.277 e. The van der Waals surface area contributed by atoms with Crippen molar-refractivity contribution in [2.24, 2.45) is 0 Å². The van der Waals surface area contributed by atoms with Gasteiger partial charge in [-0.3, -0.25) is 0 Å². The summed E-state index contributed by atoms with van der Waals surface area (Å²) in [6.45, 7) is 10.7. The van der Waals surface area contributed by atoms with Crippen LogP contribution in [0.2, 0.25) is 14.8 Å². The first kappa shape index (κ1) is 11.2. The van der Waals surface area contributed by atoms with Crippen LogP contribution >= 0.6 is 0 Å². The lowest BCUT2D eigenvalue weighted by molar-refractivity contribution is -0.115. The van der Waals surface area contributed by atoms with E-state index in [0.29, 0.717) is 5.78 Å². The maximum absolute atomic E-state index is 10.9. The minimum Gasteiger partial charge on any atom is -0.301 e.